The Bertz CT molecular complexity index is 869. The zero-order valence-electron chi connectivity index (χ0n) is 12.2. The summed E-state index contributed by atoms with van der Waals surface area (Å²) < 4.78 is 23.5. The second-order valence-electron chi connectivity index (χ2n) is 4.58. The molecule has 2 aromatic heterocycles. The first-order chi connectivity index (χ1) is 11.2. The minimum atomic E-state index is -0.444. The van der Waals surface area contributed by atoms with Crippen molar-refractivity contribution < 1.29 is 13.7 Å². The van der Waals surface area contributed by atoms with Crippen molar-refractivity contribution in [2.24, 2.45) is 0 Å². The third kappa shape index (κ3) is 3.16. The first-order valence-corrected chi connectivity index (χ1v) is 6.83. The van der Waals surface area contributed by atoms with Crippen molar-refractivity contribution in [1.82, 2.24) is 15.1 Å². The van der Waals surface area contributed by atoms with Gasteiger partial charge in [-0.25, -0.2) is 9.37 Å². The number of nitrogens with zero attached hydrogens (tertiary/aromatic N) is 4. The summed E-state index contributed by atoms with van der Waals surface area (Å²) in [6.07, 6.45) is 1.08. The van der Waals surface area contributed by atoms with Crippen LogP contribution in [0.4, 0.5) is 4.39 Å². The third-order valence-corrected chi connectivity index (χ3v) is 2.98. The van der Waals surface area contributed by atoms with Crippen LogP contribution in [0.2, 0.25) is 0 Å². The van der Waals surface area contributed by atoms with E-state index in [2.05, 4.69) is 21.2 Å². The lowest BCUT2D eigenvalue weighted by Gasteiger charge is -2.04. The maximum atomic E-state index is 12.9. The van der Waals surface area contributed by atoms with E-state index in [1.165, 1.54) is 12.1 Å². The lowest BCUT2D eigenvalue weighted by Crippen LogP contribution is -1.93. The summed E-state index contributed by atoms with van der Waals surface area (Å²) in [4.78, 5) is 8.13. The van der Waals surface area contributed by atoms with E-state index < -0.39 is 5.82 Å². The predicted octanol–water partition coefficient (Wildman–Crippen LogP) is 3.21. The monoisotopic (exact) mass is 310 g/mol. The molecule has 0 N–H and O–H groups in total. The number of hydrogen-bond acceptors (Lipinski definition) is 6. The zero-order valence-corrected chi connectivity index (χ0v) is 12.2. The molecule has 0 bridgehead atoms. The lowest BCUT2D eigenvalue weighted by molar-refractivity contribution is 0.340. The highest BCUT2D eigenvalue weighted by Crippen LogP contribution is 2.26. The van der Waals surface area contributed by atoms with Gasteiger partial charge in [0.1, 0.15) is 17.3 Å². The van der Waals surface area contributed by atoms with Gasteiger partial charge < -0.3 is 9.26 Å². The van der Waals surface area contributed by atoms with E-state index in [9.17, 15) is 4.39 Å². The second-order valence-corrected chi connectivity index (χ2v) is 4.58. The molecule has 23 heavy (non-hydrogen) atoms. The Morgan fingerprint density at radius 2 is 2.17 bits per heavy atom. The number of benzene rings is 1. The molecule has 3 rings (SSSR count). The first-order valence-electron chi connectivity index (χ1n) is 6.83. The fraction of sp³-hybridized carbons (Fsp3) is 0.125. The molecule has 0 spiro atoms. The van der Waals surface area contributed by atoms with Crippen molar-refractivity contribution >= 4 is 0 Å². The van der Waals surface area contributed by atoms with Gasteiger partial charge in [-0.15, -0.1) is 0 Å². The van der Waals surface area contributed by atoms with Gasteiger partial charge in [0.15, 0.2) is 0 Å². The molecule has 2 heterocycles. The normalized spacial score (nSPS) is 10.3. The molecule has 0 aliphatic rings. The summed E-state index contributed by atoms with van der Waals surface area (Å²) in [6, 6.07) is 9.74. The molecule has 0 amide bonds. The number of hydrogen-bond donors (Lipinski definition) is 0. The Kier molecular flexibility index (Phi) is 3.97. The van der Waals surface area contributed by atoms with Crippen molar-refractivity contribution in [2.75, 3.05) is 6.61 Å². The molecule has 0 aliphatic heterocycles. The first kappa shape index (κ1) is 14.7. The van der Waals surface area contributed by atoms with Crippen molar-refractivity contribution in [3.8, 4) is 34.8 Å². The van der Waals surface area contributed by atoms with Gasteiger partial charge in [0.25, 0.3) is 5.89 Å². The number of rotatable bonds is 4. The maximum absolute atomic E-state index is 12.9. The summed E-state index contributed by atoms with van der Waals surface area (Å²) in [7, 11) is 0. The zero-order chi connectivity index (χ0) is 16.2. The Labute approximate surface area is 131 Å². The third-order valence-electron chi connectivity index (χ3n) is 2.98. The Hall–Kier alpha value is -3.27. The van der Waals surface area contributed by atoms with Gasteiger partial charge in [0, 0.05) is 5.56 Å². The minimum absolute atomic E-state index is 0.226. The highest BCUT2D eigenvalue weighted by molar-refractivity contribution is 5.61. The summed E-state index contributed by atoms with van der Waals surface area (Å²) >= 11 is 0. The van der Waals surface area contributed by atoms with Gasteiger partial charge in [-0.2, -0.15) is 10.2 Å². The molecular weight excluding hydrogens is 299 g/mol. The van der Waals surface area contributed by atoms with E-state index in [4.69, 9.17) is 14.5 Å². The largest absolute Gasteiger partial charge is 0.494 e. The SMILES string of the molecule is CCOc1cc(C#N)cc(-c2nc(-c3ccc(F)cn3)no2)c1. The van der Waals surface area contributed by atoms with Gasteiger partial charge in [-0.05, 0) is 37.3 Å². The number of aromatic nitrogens is 3. The van der Waals surface area contributed by atoms with E-state index in [0.29, 0.717) is 29.2 Å². The molecule has 0 fully saturated rings. The van der Waals surface area contributed by atoms with Gasteiger partial charge >= 0.3 is 0 Å². The van der Waals surface area contributed by atoms with Crippen LogP contribution < -0.4 is 4.74 Å². The molecule has 0 saturated carbocycles. The molecule has 0 radical (unpaired) electrons. The minimum Gasteiger partial charge on any atom is -0.494 e. The van der Waals surface area contributed by atoms with Crippen molar-refractivity contribution in [3.63, 3.8) is 0 Å². The van der Waals surface area contributed by atoms with Crippen LogP contribution in [0.15, 0.2) is 41.1 Å². The van der Waals surface area contributed by atoms with Crippen molar-refractivity contribution in [1.29, 1.82) is 5.26 Å². The number of nitriles is 1. The molecule has 3 aromatic rings. The van der Waals surface area contributed by atoms with E-state index in [-0.39, 0.29) is 11.7 Å². The Morgan fingerprint density at radius 3 is 2.87 bits per heavy atom. The van der Waals surface area contributed by atoms with Crippen molar-refractivity contribution in [2.45, 2.75) is 6.92 Å². The molecular formula is C16H11FN4O2. The fourth-order valence-corrected chi connectivity index (χ4v) is 1.99. The van der Waals surface area contributed by atoms with Crippen LogP contribution in [0.5, 0.6) is 5.75 Å². The quantitative estimate of drug-likeness (QED) is 0.735. The van der Waals surface area contributed by atoms with Crippen LogP contribution in [-0.2, 0) is 0 Å². The average Bonchev–Trinajstić information content (AvgIpc) is 3.05. The highest BCUT2D eigenvalue weighted by atomic mass is 19.1. The molecule has 0 atom stereocenters. The summed E-state index contributed by atoms with van der Waals surface area (Å²) in [5.74, 6) is 0.561. The molecule has 0 saturated heterocycles. The number of halogens is 1. The average molecular weight is 310 g/mol. The van der Waals surface area contributed by atoms with E-state index in [0.717, 1.165) is 6.20 Å². The summed E-state index contributed by atoms with van der Waals surface area (Å²) in [6.45, 7) is 2.33. The van der Waals surface area contributed by atoms with Crippen LogP contribution in [0.1, 0.15) is 12.5 Å². The van der Waals surface area contributed by atoms with Crippen LogP contribution >= 0.6 is 0 Å². The topological polar surface area (TPSA) is 84.8 Å². The van der Waals surface area contributed by atoms with Gasteiger partial charge in [0.05, 0.1) is 24.4 Å². The maximum Gasteiger partial charge on any atom is 0.258 e. The van der Waals surface area contributed by atoms with Crippen molar-refractivity contribution in [3.05, 3.63) is 47.9 Å². The van der Waals surface area contributed by atoms with E-state index in [1.807, 2.05) is 6.92 Å². The molecule has 0 aliphatic carbocycles. The van der Waals surface area contributed by atoms with Gasteiger partial charge in [0.2, 0.25) is 5.82 Å². The molecule has 1 aromatic carbocycles. The van der Waals surface area contributed by atoms with Gasteiger partial charge in [-0.3, -0.25) is 0 Å². The van der Waals surface area contributed by atoms with Crippen LogP contribution in [0.3, 0.4) is 0 Å². The Balaban J connectivity index is 1.98. The van der Waals surface area contributed by atoms with Crippen LogP contribution in [0, 0.1) is 17.1 Å². The van der Waals surface area contributed by atoms with E-state index >= 15 is 0 Å². The molecule has 114 valence electrons. The number of ether oxygens (including phenoxy) is 1. The number of pyridine rings is 1. The summed E-state index contributed by atoms with van der Waals surface area (Å²) in [5, 5.41) is 12.9. The smallest absolute Gasteiger partial charge is 0.258 e. The second kappa shape index (κ2) is 6.23. The van der Waals surface area contributed by atoms with Crippen LogP contribution in [0.25, 0.3) is 23.0 Å². The Morgan fingerprint density at radius 1 is 1.30 bits per heavy atom. The molecule has 0 unspecified atom stereocenters. The predicted molar refractivity (Wildman–Crippen MR) is 78.8 cm³/mol. The summed E-state index contributed by atoms with van der Waals surface area (Å²) in [5.41, 5.74) is 1.38. The fourth-order valence-electron chi connectivity index (χ4n) is 1.99. The standard InChI is InChI=1S/C16H11FN4O2/c1-2-22-13-6-10(8-18)5-11(7-13)16-20-15(21-23-16)14-4-3-12(17)9-19-14/h3-7,9H,2H2,1H3. The van der Waals surface area contributed by atoms with Gasteiger partial charge in [-0.1, -0.05) is 5.16 Å². The van der Waals surface area contributed by atoms with Crippen LogP contribution in [-0.4, -0.2) is 21.7 Å². The lowest BCUT2D eigenvalue weighted by atomic mass is 10.1. The molecule has 6 nitrogen and oxygen atoms in total. The molecule has 7 heteroatoms. The highest BCUT2D eigenvalue weighted by Gasteiger charge is 2.13. The van der Waals surface area contributed by atoms with E-state index in [1.54, 1.807) is 18.2 Å².